The molecule has 1 aromatic carbocycles. The number of carbonyl (C=O) groups excluding carboxylic acids is 1. The molecule has 100 valence electrons. The van der Waals surface area contributed by atoms with Crippen LogP contribution in [0, 0.1) is 12.7 Å². The van der Waals surface area contributed by atoms with E-state index in [1.165, 1.54) is 25.3 Å². The van der Waals surface area contributed by atoms with E-state index in [0.717, 1.165) is 11.4 Å². The zero-order valence-electron chi connectivity index (χ0n) is 10.7. The molecule has 0 aliphatic carbocycles. The molecule has 0 atom stereocenters. The normalized spacial score (nSPS) is 10.3. The van der Waals surface area contributed by atoms with Gasteiger partial charge in [0, 0.05) is 5.69 Å². The Bertz CT molecular complexity index is 595. The number of nitrogens with zero attached hydrogens (tertiary/aromatic N) is 1. The average Bonchev–Trinajstić information content (AvgIpc) is 2.82. The standard InChI is InChI=1S/C13H14FN3O2/c1-8-12(17-7-16-8)6-15-11-5-9(13(18)19-2)3-4-10(11)14/h3-5,7,15H,6H2,1-2H3,(H,16,17). The summed E-state index contributed by atoms with van der Waals surface area (Å²) in [6.07, 6.45) is 1.58. The lowest BCUT2D eigenvalue weighted by molar-refractivity contribution is 0.0600. The molecule has 0 spiro atoms. The minimum absolute atomic E-state index is 0.241. The molecule has 0 fully saturated rings. The third-order valence-corrected chi connectivity index (χ3v) is 2.77. The molecule has 2 aromatic rings. The molecule has 2 rings (SSSR count). The number of nitrogens with one attached hydrogen (secondary N) is 2. The van der Waals surface area contributed by atoms with Gasteiger partial charge < -0.3 is 15.0 Å². The third-order valence-electron chi connectivity index (χ3n) is 2.77. The Hall–Kier alpha value is -2.37. The summed E-state index contributed by atoms with van der Waals surface area (Å²) in [6, 6.07) is 4.03. The number of esters is 1. The highest BCUT2D eigenvalue weighted by atomic mass is 19.1. The average molecular weight is 263 g/mol. The Labute approximate surface area is 109 Å². The van der Waals surface area contributed by atoms with Gasteiger partial charge >= 0.3 is 5.97 Å². The van der Waals surface area contributed by atoms with Crippen LogP contribution < -0.4 is 5.32 Å². The maximum Gasteiger partial charge on any atom is 0.337 e. The Kier molecular flexibility index (Phi) is 3.79. The van der Waals surface area contributed by atoms with E-state index < -0.39 is 11.8 Å². The Morgan fingerprint density at radius 2 is 2.32 bits per heavy atom. The van der Waals surface area contributed by atoms with E-state index in [1.54, 1.807) is 6.33 Å². The summed E-state index contributed by atoms with van der Waals surface area (Å²) in [7, 11) is 1.28. The summed E-state index contributed by atoms with van der Waals surface area (Å²) in [4.78, 5) is 18.4. The van der Waals surface area contributed by atoms with E-state index in [4.69, 9.17) is 0 Å². The van der Waals surface area contributed by atoms with E-state index in [2.05, 4.69) is 20.0 Å². The number of aromatic nitrogens is 2. The highest BCUT2D eigenvalue weighted by Gasteiger charge is 2.10. The molecule has 6 heteroatoms. The van der Waals surface area contributed by atoms with Gasteiger partial charge in [-0.1, -0.05) is 0 Å². The van der Waals surface area contributed by atoms with Gasteiger partial charge in [-0.25, -0.2) is 14.2 Å². The predicted octanol–water partition coefficient (Wildman–Crippen LogP) is 2.26. The fourth-order valence-corrected chi connectivity index (χ4v) is 1.65. The molecule has 0 amide bonds. The molecule has 0 saturated heterocycles. The number of hydrogen-bond acceptors (Lipinski definition) is 4. The highest BCUT2D eigenvalue weighted by molar-refractivity contribution is 5.90. The van der Waals surface area contributed by atoms with Gasteiger partial charge in [0.2, 0.25) is 0 Å². The number of benzene rings is 1. The third kappa shape index (κ3) is 2.90. The number of halogens is 1. The van der Waals surface area contributed by atoms with Gasteiger partial charge in [0.1, 0.15) is 5.82 Å². The number of carbonyl (C=O) groups is 1. The van der Waals surface area contributed by atoms with Crippen LogP contribution in [-0.2, 0) is 11.3 Å². The van der Waals surface area contributed by atoms with Crippen molar-refractivity contribution in [3.8, 4) is 0 Å². The number of aromatic amines is 1. The van der Waals surface area contributed by atoms with E-state index >= 15 is 0 Å². The van der Waals surface area contributed by atoms with Crippen LogP contribution in [-0.4, -0.2) is 23.0 Å². The SMILES string of the molecule is COC(=O)c1ccc(F)c(NCc2nc[nH]c2C)c1. The van der Waals surface area contributed by atoms with Crippen LogP contribution in [0.3, 0.4) is 0 Å². The summed E-state index contributed by atoms with van der Waals surface area (Å²) in [5, 5.41) is 2.91. The first kappa shape index (κ1) is 13.1. The summed E-state index contributed by atoms with van der Waals surface area (Å²) >= 11 is 0. The molecule has 0 aliphatic rings. The lowest BCUT2D eigenvalue weighted by Crippen LogP contribution is -2.06. The van der Waals surface area contributed by atoms with Crippen LogP contribution in [0.5, 0.6) is 0 Å². The Morgan fingerprint density at radius 1 is 1.53 bits per heavy atom. The van der Waals surface area contributed by atoms with E-state index in [1.807, 2.05) is 6.92 Å². The van der Waals surface area contributed by atoms with Gasteiger partial charge in [-0.15, -0.1) is 0 Å². The molecule has 0 unspecified atom stereocenters. The van der Waals surface area contributed by atoms with Gasteiger partial charge in [0.25, 0.3) is 0 Å². The van der Waals surface area contributed by atoms with Crippen molar-refractivity contribution in [1.29, 1.82) is 0 Å². The van der Waals surface area contributed by atoms with Gasteiger partial charge in [-0.3, -0.25) is 0 Å². The second-order valence-electron chi connectivity index (χ2n) is 4.01. The fourth-order valence-electron chi connectivity index (χ4n) is 1.65. The van der Waals surface area contributed by atoms with Crippen LogP contribution in [0.2, 0.25) is 0 Å². The van der Waals surface area contributed by atoms with E-state index in [-0.39, 0.29) is 5.69 Å². The summed E-state index contributed by atoms with van der Waals surface area (Å²) in [5.74, 6) is -0.931. The van der Waals surface area contributed by atoms with Crippen LogP contribution in [0.1, 0.15) is 21.7 Å². The first-order valence-electron chi connectivity index (χ1n) is 5.72. The number of methoxy groups -OCH3 is 1. The largest absolute Gasteiger partial charge is 0.465 e. The quantitative estimate of drug-likeness (QED) is 0.830. The van der Waals surface area contributed by atoms with Crippen molar-refractivity contribution in [3.63, 3.8) is 0 Å². The van der Waals surface area contributed by atoms with Crippen molar-refractivity contribution < 1.29 is 13.9 Å². The van der Waals surface area contributed by atoms with E-state index in [0.29, 0.717) is 12.1 Å². The number of anilines is 1. The fraction of sp³-hybridized carbons (Fsp3) is 0.231. The molecule has 0 saturated carbocycles. The van der Waals surface area contributed by atoms with Gasteiger partial charge in [0.05, 0.1) is 36.9 Å². The highest BCUT2D eigenvalue weighted by Crippen LogP contribution is 2.18. The number of H-pyrrole nitrogens is 1. The van der Waals surface area contributed by atoms with Crippen LogP contribution in [0.15, 0.2) is 24.5 Å². The van der Waals surface area contributed by atoms with Crippen molar-refractivity contribution in [2.45, 2.75) is 13.5 Å². The van der Waals surface area contributed by atoms with Crippen molar-refractivity contribution in [2.75, 3.05) is 12.4 Å². The van der Waals surface area contributed by atoms with Gasteiger partial charge in [-0.2, -0.15) is 0 Å². The lowest BCUT2D eigenvalue weighted by Gasteiger charge is -2.08. The second-order valence-corrected chi connectivity index (χ2v) is 4.01. The Morgan fingerprint density at radius 3 is 2.95 bits per heavy atom. The van der Waals surface area contributed by atoms with Crippen molar-refractivity contribution in [2.24, 2.45) is 0 Å². The summed E-state index contributed by atoms with van der Waals surface area (Å²) < 4.78 is 18.2. The van der Waals surface area contributed by atoms with Crippen LogP contribution in [0.25, 0.3) is 0 Å². The minimum atomic E-state index is -0.501. The maximum absolute atomic E-state index is 13.6. The lowest BCUT2D eigenvalue weighted by atomic mass is 10.2. The first-order chi connectivity index (χ1) is 9.11. The summed E-state index contributed by atoms with van der Waals surface area (Å²) in [5.41, 5.74) is 2.25. The smallest absolute Gasteiger partial charge is 0.337 e. The minimum Gasteiger partial charge on any atom is -0.465 e. The van der Waals surface area contributed by atoms with Crippen molar-refractivity contribution in [3.05, 3.63) is 47.3 Å². The molecule has 0 radical (unpaired) electrons. The first-order valence-corrected chi connectivity index (χ1v) is 5.72. The Balaban J connectivity index is 2.15. The number of aryl methyl sites for hydroxylation is 1. The zero-order valence-corrected chi connectivity index (χ0v) is 10.7. The molecule has 2 N–H and O–H groups in total. The maximum atomic E-state index is 13.6. The van der Waals surface area contributed by atoms with Gasteiger partial charge in [0.15, 0.2) is 0 Å². The van der Waals surface area contributed by atoms with Crippen molar-refractivity contribution >= 4 is 11.7 Å². The van der Waals surface area contributed by atoms with Crippen molar-refractivity contribution in [1.82, 2.24) is 9.97 Å². The van der Waals surface area contributed by atoms with Crippen LogP contribution >= 0.6 is 0 Å². The number of ether oxygens (including phenoxy) is 1. The monoisotopic (exact) mass is 263 g/mol. The molecule has 0 aliphatic heterocycles. The predicted molar refractivity (Wildman–Crippen MR) is 68.4 cm³/mol. The number of imidazole rings is 1. The molecular formula is C13H14FN3O2. The zero-order chi connectivity index (χ0) is 13.8. The number of rotatable bonds is 4. The van der Waals surface area contributed by atoms with Gasteiger partial charge in [-0.05, 0) is 25.1 Å². The molecule has 1 heterocycles. The van der Waals surface area contributed by atoms with Crippen LogP contribution in [0.4, 0.5) is 10.1 Å². The molecule has 0 bridgehead atoms. The molecule has 5 nitrogen and oxygen atoms in total. The molecule has 19 heavy (non-hydrogen) atoms. The number of hydrogen-bond donors (Lipinski definition) is 2. The topological polar surface area (TPSA) is 67.0 Å². The molecular weight excluding hydrogens is 249 g/mol. The van der Waals surface area contributed by atoms with E-state index in [9.17, 15) is 9.18 Å². The molecule has 1 aromatic heterocycles. The summed E-state index contributed by atoms with van der Waals surface area (Å²) in [6.45, 7) is 2.25. The second kappa shape index (κ2) is 5.51.